The van der Waals surface area contributed by atoms with Gasteiger partial charge in [-0.1, -0.05) is 18.2 Å². The smallest absolute Gasteiger partial charge is 0.240 e. The first-order chi connectivity index (χ1) is 11.1. The molecule has 0 aromatic heterocycles. The molecule has 0 saturated heterocycles. The van der Waals surface area contributed by atoms with Gasteiger partial charge in [0.15, 0.2) is 0 Å². The summed E-state index contributed by atoms with van der Waals surface area (Å²) in [5.74, 6) is 1.30. The minimum Gasteiger partial charge on any atom is -0.457 e. The van der Waals surface area contributed by atoms with Crippen LogP contribution in [0.1, 0.15) is 13.3 Å². The predicted molar refractivity (Wildman–Crippen MR) is 89.3 cm³/mol. The Kier molecular flexibility index (Phi) is 6.58. The zero-order valence-electron chi connectivity index (χ0n) is 13.1. The van der Waals surface area contributed by atoms with Crippen LogP contribution in [0.4, 0.5) is 0 Å². The summed E-state index contributed by atoms with van der Waals surface area (Å²) in [5.41, 5.74) is 0. The second kappa shape index (κ2) is 8.67. The Bertz CT molecular complexity index is 684. The van der Waals surface area contributed by atoms with Crippen molar-refractivity contribution in [3.8, 4) is 11.5 Å². The first kappa shape index (κ1) is 17.5. The zero-order chi connectivity index (χ0) is 16.5. The predicted octanol–water partition coefficient (Wildman–Crippen LogP) is 3.18. The van der Waals surface area contributed by atoms with Gasteiger partial charge >= 0.3 is 0 Å². The molecule has 0 fully saturated rings. The lowest BCUT2D eigenvalue weighted by Gasteiger charge is -2.09. The van der Waals surface area contributed by atoms with Gasteiger partial charge in [0.2, 0.25) is 10.0 Å². The van der Waals surface area contributed by atoms with Crippen molar-refractivity contribution in [1.82, 2.24) is 4.72 Å². The SMILES string of the molecule is CCOCCCNS(=O)(=O)c1ccc(Oc2ccccc2)cc1. The van der Waals surface area contributed by atoms with Gasteiger partial charge in [0, 0.05) is 19.8 Å². The number of nitrogens with one attached hydrogen (secondary N) is 1. The van der Waals surface area contributed by atoms with Crippen LogP contribution in [0.15, 0.2) is 59.5 Å². The lowest BCUT2D eigenvalue weighted by atomic mass is 10.3. The fourth-order valence-electron chi connectivity index (χ4n) is 1.92. The standard InChI is InChI=1S/C17H21NO4S/c1-2-21-14-6-13-18-23(19,20)17-11-9-16(10-12-17)22-15-7-4-3-5-8-15/h3-5,7-12,18H,2,6,13-14H2,1H3. The first-order valence-electron chi connectivity index (χ1n) is 7.52. The molecule has 2 aromatic carbocycles. The first-order valence-corrected chi connectivity index (χ1v) is 9.00. The third-order valence-electron chi connectivity index (χ3n) is 3.07. The van der Waals surface area contributed by atoms with Crippen molar-refractivity contribution < 1.29 is 17.9 Å². The minimum absolute atomic E-state index is 0.217. The Labute approximate surface area is 137 Å². The molecule has 0 atom stereocenters. The largest absolute Gasteiger partial charge is 0.457 e. The molecule has 5 nitrogen and oxygen atoms in total. The molecular formula is C17H21NO4S. The van der Waals surface area contributed by atoms with Gasteiger partial charge in [-0.3, -0.25) is 0 Å². The maximum absolute atomic E-state index is 12.1. The van der Waals surface area contributed by atoms with E-state index in [0.29, 0.717) is 37.7 Å². The molecule has 2 aromatic rings. The summed E-state index contributed by atoms with van der Waals surface area (Å²) in [6.07, 6.45) is 0.641. The fraction of sp³-hybridized carbons (Fsp3) is 0.294. The molecule has 0 saturated carbocycles. The Morgan fingerprint density at radius 3 is 2.26 bits per heavy atom. The summed E-state index contributed by atoms with van der Waals surface area (Å²) in [7, 11) is -3.50. The number of rotatable bonds is 9. The molecular weight excluding hydrogens is 314 g/mol. The summed E-state index contributed by atoms with van der Waals surface area (Å²) < 4.78 is 37.7. The van der Waals surface area contributed by atoms with Crippen LogP contribution < -0.4 is 9.46 Å². The molecule has 2 rings (SSSR count). The Morgan fingerprint density at radius 2 is 1.61 bits per heavy atom. The van der Waals surface area contributed by atoms with Crippen molar-refractivity contribution in [2.75, 3.05) is 19.8 Å². The molecule has 0 radical (unpaired) electrons. The summed E-state index contributed by atoms with van der Waals surface area (Å²) in [4.78, 5) is 0.217. The highest BCUT2D eigenvalue weighted by Gasteiger charge is 2.13. The van der Waals surface area contributed by atoms with Gasteiger partial charge in [-0.25, -0.2) is 13.1 Å². The van der Waals surface area contributed by atoms with Crippen molar-refractivity contribution in [3.05, 3.63) is 54.6 Å². The van der Waals surface area contributed by atoms with E-state index in [1.165, 1.54) is 12.1 Å². The van der Waals surface area contributed by atoms with E-state index in [1.54, 1.807) is 12.1 Å². The molecule has 1 N–H and O–H groups in total. The van der Waals surface area contributed by atoms with E-state index in [1.807, 2.05) is 37.3 Å². The fourth-order valence-corrected chi connectivity index (χ4v) is 2.99. The quantitative estimate of drug-likeness (QED) is 0.715. The van der Waals surface area contributed by atoms with Gasteiger partial charge in [-0.2, -0.15) is 0 Å². The van der Waals surface area contributed by atoms with Crippen molar-refractivity contribution in [2.24, 2.45) is 0 Å². The normalized spacial score (nSPS) is 11.3. The highest BCUT2D eigenvalue weighted by Crippen LogP contribution is 2.22. The van der Waals surface area contributed by atoms with Gasteiger partial charge < -0.3 is 9.47 Å². The van der Waals surface area contributed by atoms with Crippen molar-refractivity contribution in [1.29, 1.82) is 0 Å². The third kappa shape index (κ3) is 5.67. The average molecular weight is 335 g/mol. The Morgan fingerprint density at radius 1 is 0.957 bits per heavy atom. The lowest BCUT2D eigenvalue weighted by molar-refractivity contribution is 0.146. The van der Waals surface area contributed by atoms with E-state index in [2.05, 4.69) is 4.72 Å². The molecule has 0 bridgehead atoms. The molecule has 0 aliphatic heterocycles. The summed E-state index contributed by atoms with van der Waals surface area (Å²) in [5, 5.41) is 0. The Balaban J connectivity index is 1.92. The summed E-state index contributed by atoms with van der Waals surface area (Å²) in [6, 6.07) is 15.7. The topological polar surface area (TPSA) is 64.6 Å². The monoisotopic (exact) mass is 335 g/mol. The van der Waals surface area contributed by atoms with Crippen molar-refractivity contribution in [2.45, 2.75) is 18.2 Å². The molecule has 0 amide bonds. The van der Waals surface area contributed by atoms with Crippen LogP contribution in [0.2, 0.25) is 0 Å². The van der Waals surface area contributed by atoms with Crippen LogP contribution >= 0.6 is 0 Å². The van der Waals surface area contributed by atoms with Crippen LogP contribution in [0.5, 0.6) is 11.5 Å². The van der Waals surface area contributed by atoms with Crippen molar-refractivity contribution >= 4 is 10.0 Å². The zero-order valence-corrected chi connectivity index (χ0v) is 13.9. The Hall–Kier alpha value is -1.89. The second-order valence-electron chi connectivity index (χ2n) is 4.83. The number of sulfonamides is 1. The number of hydrogen-bond donors (Lipinski definition) is 1. The van der Waals surface area contributed by atoms with Gasteiger partial charge in [-0.05, 0) is 49.7 Å². The lowest BCUT2D eigenvalue weighted by Crippen LogP contribution is -2.25. The van der Waals surface area contributed by atoms with Crippen LogP contribution in [0.25, 0.3) is 0 Å². The molecule has 124 valence electrons. The molecule has 0 heterocycles. The van der Waals surface area contributed by atoms with E-state index in [9.17, 15) is 8.42 Å². The van der Waals surface area contributed by atoms with E-state index in [4.69, 9.17) is 9.47 Å². The highest BCUT2D eigenvalue weighted by molar-refractivity contribution is 7.89. The van der Waals surface area contributed by atoms with E-state index >= 15 is 0 Å². The maximum Gasteiger partial charge on any atom is 0.240 e. The molecule has 0 aliphatic carbocycles. The van der Waals surface area contributed by atoms with Crippen LogP contribution in [-0.4, -0.2) is 28.2 Å². The molecule has 23 heavy (non-hydrogen) atoms. The summed E-state index contributed by atoms with van der Waals surface area (Å²) in [6.45, 7) is 3.44. The van der Waals surface area contributed by atoms with Gasteiger partial charge in [0.05, 0.1) is 4.90 Å². The maximum atomic E-state index is 12.1. The number of benzene rings is 2. The molecule has 0 unspecified atom stereocenters. The van der Waals surface area contributed by atoms with Crippen LogP contribution in [0.3, 0.4) is 0 Å². The van der Waals surface area contributed by atoms with E-state index < -0.39 is 10.0 Å². The van der Waals surface area contributed by atoms with Crippen LogP contribution in [-0.2, 0) is 14.8 Å². The molecule has 6 heteroatoms. The second-order valence-corrected chi connectivity index (χ2v) is 6.60. The van der Waals surface area contributed by atoms with Crippen LogP contribution in [0, 0.1) is 0 Å². The number of hydrogen-bond acceptors (Lipinski definition) is 4. The summed E-state index contributed by atoms with van der Waals surface area (Å²) >= 11 is 0. The van der Waals surface area contributed by atoms with Gasteiger partial charge in [0.25, 0.3) is 0 Å². The van der Waals surface area contributed by atoms with E-state index in [0.717, 1.165) is 0 Å². The minimum atomic E-state index is -3.50. The molecule has 0 spiro atoms. The van der Waals surface area contributed by atoms with Gasteiger partial charge in [-0.15, -0.1) is 0 Å². The highest BCUT2D eigenvalue weighted by atomic mass is 32.2. The van der Waals surface area contributed by atoms with Gasteiger partial charge in [0.1, 0.15) is 11.5 Å². The van der Waals surface area contributed by atoms with Crippen molar-refractivity contribution in [3.63, 3.8) is 0 Å². The third-order valence-corrected chi connectivity index (χ3v) is 4.55. The average Bonchev–Trinajstić information content (AvgIpc) is 2.56. The molecule has 0 aliphatic rings. The number of ether oxygens (including phenoxy) is 2. The van der Waals surface area contributed by atoms with E-state index in [-0.39, 0.29) is 4.90 Å². The number of para-hydroxylation sites is 1.